The van der Waals surface area contributed by atoms with E-state index >= 15 is 0 Å². The molecular weight excluding hydrogens is 279 g/mol. The van der Waals surface area contributed by atoms with Crippen molar-refractivity contribution in [3.05, 3.63) is 23.4 Å². The number of hydrogen-bond donors (Lipinski definition) is 2. The van der Waals surface area contributed by atoms with E-state index in [1.54, 1.807) is 26.1 Å². The number of hydrogen-bond acceptors (Lipinski definition) is 4. The third-order valence-corrected chi connectivity index (χ3v) is 2.86. The van der Waals surface area contributed by atoms with E-state index in [9.17, 15) is 18.0 Å². The topological polar surface area (TPSA) is 54.0 Å². The summed E-state index contributed by atoms with van der Waals surface area (Å²) in [5.41, 5.74) is -3.24. The van der Waals surface area contributed by atoms with E-state index in [2.05, 4.69) is 15.6 Å². The number of alkyl halides is 3. The van der Waals surface area contributed by atoms with Gasteiger partial charge in [0.05, 0.1) is 0 Å². The molecule has 1 amide bonds. The SMILES string of the molecule is CNc1cc(C(=O)NCCSC(F)(F)F)cc(C)n1. The molecule has 106 valence electrons. The molecule has 0 atom stereocenters. The number of nitrogens with zero attached hydrogens (tertiary/aromatic N) is 1. The second-order valence-electron chi connectivity index (χ2n) is 3.68. The fraction of sp³-hybridized carbons (Fsp3) is 0.455. The number of aromatic nitrogens is 1. The minimum Gasteiger partial charge on any atom is -0.373 e. The molecule has 0 aliphatic rings. The summed E-state index contributed by atoms with van der Waals surface area (Å²) in [5.74, 6) is -0.0855. The maximum absolute atomic E-state index is 11.9. The Hall–Kier alpha value is -1.44. The van der Waals surface area contributed by atoms with E-state index in [1.165, 1.54) is 0 Å². The molecule has 0 aliphatic carbocycles. The number of anilines is 1. The van der Waals surface area contributed by atoms with Gasteiger partial charge in [0.25, 0.3) is 5.91 Å². The normalized spacial score (nSPS) is 11.2. The van der Waals surface area contributed by atoms with Crippen LogP contribution < -0.4 is 10.6 Å². The van der Waals surface area contributed by atoms with Crippen molar-refractivity contribution < 1.29 is 18.0 Å². The average molecular weight is 293 g/mol. The second-order valence-corrected chi connectivity index (χ2v) is 4.84. The number of thioether (sulfide) groups is 1. The molecule has 2 N–H and O–H groups in total. The van der Waals surface area contributed by atoms with Gasteiger partial charge in [0, 0.05) is 30.6 Å². The molecule has 0 saturated heterocycles. The molecule has 8 heteroatoms. The van der Waals surface area contributed by atoms with Gasteiger partial charge in [-0.25, -0.2) is 4.98 Å². The molecular formula is C11H14F3N3OS. The smallest absolute Gasteiger partial charge is 0.373 e. The first kappa shape index (κ1) is 15.6. The van der Waals surface area contributed by atoms with E-state index in [-0.39, 0.29) is 24.1 Å². The molecule has 4 nitrogen and oxygen atoms in total. The number of pyridine rings is 1. The predicted molar refractivity (Wildman–Crippen MR) is 69.4 cm³/mol. The summed E-state index contributed by atoms with van der Waals surface area (Å²) < 4.78 is 35.7. The number of halogens is 3. The highest BCUT2D eigenvalue weighted by Crippen LogP contribution is 2.29. The first-order valence-corrected chi connectivity index (χ1v) is 6.45. The Labute approximate surface area is 113 Å². The van der Waals surface area contributed by atoms with Gasteiger partial charge in [0.15, 0.2) is 0 Å². The molecule has 0 aliphatic heterocycles. The molecule has 0 radical (unpaired) electrons. The van der Waals surface area contributed by atoms with E-state index in [1.807, 2.05) is 0 Å². The molecule has 1 rings (SSSR count). The van der Waals surface area contributed by atoms with Crippen molar-refractivity contribution in [1.29, 1.82) is 0 Å². The van der Waals surface area contributed by atoms with Crippen molar-refractivity contribution >= 4 is 23.5 Å². The zero-order valence-electron chi connectivity index (χ0n) is 10.5. The zero-order valence-corrected chi connectivity index (χ0v) is 11.3. The Bertz CT molecular complexity index is 451. The maximum Gasteiger partial charge on any atom is 0.441 e. The second kappa shape index (κ2) is 6.65. The summed E-state index contributed by atoms with van der Waals surface area (Å²) in [4.78, 5) is 15.9. The highest BCUT2D eigenvalue weighted by molar-refractivity contribution is 8.00. The number of amides is 1. The lowest BCUT2D eigenvalue weighted by atomic mass is 10.2. The molecule has 0 saturated carbocycles. The van der Waals surface area contributed by atoms with Gasteiger partial charge in [-0.1, -0.05) is 0 Å². The van der Waals surface area contributed by atoms with Crippen molar-refractivity contribution in [3.63, 3.8) is 0 Å². The number of rotatable bonds is 5. The first-order valence-electron chi connectivity index (χ1n) is 5.47. The van der Waals surface area contributed by atoms with Crippen LogP contribution in [0.4, 0.5) is 19.0 Å². The van der Waals surface area contributed by atoms with Crippen LogP contribution in [0.3, 0.4) is 0 Å². The number of carbonyl (C=O) groups is 1. The molecule has 1 aromatic rings. The lowest BCUT2D eigenvalue weighted by Gasteiger charge is -2.08. The molecule has 0 aromatic carbocycles. The van der Waals surface area contributed by atoms with Crippen LogP contribution in [-0.4, -0.2) is 35.7 Å². The van der Waals surface area contributed by atoms with Crippen LogP contribution in [0, 0.1) is 6.92 Å². The Kier molecular flexibility index (Phi) is 5.46. The lowest BCUT2D eigenvalue weighted by molar-refractivity contribution is -0.0327. The first-order chi connectivity index (χ1) is 8.81. The van der Waals surface area contributed by atoms with E-state index in [4.69, 9.17) is 0 Å². The average Bonchev–Trinajstić information content (AvgIpc) is 2.32. The van der Waals surface area contributed by atoms with Crippen molar-refractivity contribution in [2.45, 2.75) is 12.4 Å². The van der Waals surface area contributed by atoms with Crippen LogP contribution in [0.2, 0.25) is 0 Å². The molecule has 1 aromatic heterocycles. The van der Waals surface area contributed by atoms with E-state index in [0.29, 0.717) is 17.1 Å². The van der Waals surface area contributed by atoms with Gasteiger partial charge < -0.3 is 10.6 Å². The Morgan fingerprint density at radius 3 is 2.68 bits per heavy atom. The fourth-order valence-corrected chi connectivity index (χ4v) is 1.80. The van der Waals surface area contributed by atoms with Gasteiger partial charge in [0.2, 0.25) is 0 Å². The van der Waals surface area contributed by atoms with Crippen molar-refractivity contribution in [3.8, 4) is 0 Å². The number of aryl methyl sites for hydroxylation is 1. The van der Waals surface area contributed by atoms with Crippen LogP contribution in [0.5, 0.6) is 0 Å². The third kappa shape index (κ3) is 5.82. The minimum atomic E-state index is -4.27. The Morgan fingerprint density at radius 1 is 1.42 bits per heavy atom. The van der Waals surface area contributed by atoms with Gasteiger partial charge in [-0.15, -0.1) is 0 Å². The van der Waals surface area contributed by atoms with Crippen LogP contribution in [0.1, 0.15) is 16.1 Å². The van der Waals surface area contributed by atoms with Gasteiger partial charge in [-0.2, -0.15) is 13.2 Å². The van der Waals surface area contributed by atoms with Crippen LogP contribution in [-0.2, 0) is 0 Å². The number of carbonyl (C=O) groups excluding carboxylic acids is 1. The lowest BCUT2D eigenvalue weighted by Crippen LogP contribution is -2.26. The summed E-state index contributed by atoms with van der Waals surface area (Å²) in [7, 11) is 1.67. The molecule has 0 fully saturated rings. The summed E-state index contributed by atoms with van der Waals surface area (Å²) in [6.07, 6.45) is 0. The summed E-state index contributed by atoms with van der Waals surface area (Å²) >= 11 is -0.158. The van der Waals surface area contributed by atoms with Crippen molar-refractivity contribution in [1.82, 2.24) is 10.3 Å². The van der Waals surface area contributed by atoms with Gasteiger partial charge in [0.1, 0.15) is 5.82 Å². The summed E-state index contributed by atoms with van der Waals surface area (Å²) in [6.45, 7) is 1.69. The fourth-order valence-electron chi connectivity index (χ4n) is 1.36. The largest absolute Gasteiger partial charge is 0.441 e. The summed E-state index contributed by atoms with van der Waals surface area (Å²) in [6, 6.07) is 3.12. The molecule has 1 heterocycles. The molecule has 0 bridgehead atoms. The highest BCUT2D eigenvalue weighted by atomic mass is 32.2. The zero-order chi connectivity index (χ0) is 14.5. The Morgan fingerprint density at radius 2 is 2.11 bits per heavy atom. The van der Waals surface area contributed by atoms with E-state index in [0.717, 1.165) is 0 Å². The van der Waals surface area contributed by atoms with Gasteiger partial charge in [-0.3, -0.25) is 4.79 Å². The van der Waals surface area contributed by atoms with Gasteiger partial charge in [-0.05, 0) is 30.8 Å². The standard InChI is InChI=1S/C11H14F3N3OS/c1-7-5-8(6-9(15-2)17-7)10(18)16-3-4-19-11(12,13)14/h5-6H,3-4H2,1-2H3,(H,15,17)(H,16,18). The highest BCUT2D eigenvalue weighted by Gasteiger charge is 2.27. The maximum atomic E-state index is 11.9. The molecule has 0 spiro atoms. The van der Waals surface area contributed by atoms with Crippen molar-refractivity contribution in [2.75, 3.05) is 24.7 Å². The summed E-state index contributed by atoms with van der Waals surface area (Å²) in [5, 5.41) is 5.24. The predicted octanol–water partition coefficient (Wildman–Crippen LogP) is 2.41. The van der Waals surface area contributed by atoms with Crippen LogP contribution in [0.25, 0.3) is 0 Å². The van der Waals surface area contributed by atoms with E-state index < -0.39 is 11.4 Å². The molecule has 19 heavy (non-hydrogen) atoms. The molecule has 0 unspecified atom stereocenters. The van der Waals surface area contributed by atoms with Crippen LogP contribution >= 0.6 is 11.8 Å². The quantitative estimate of drug-likeness (QED) is 0.819. The van der Waals surface area contributed by atoms with Crippen LogP contribution in [0.15, 0.2) is 12.1 Å². The number of nitrogens with one attached hydrogen (secondary N) is 2. The van der Waals surface area contributed by atoms with Crippen molar-refractivity contribution in [2.24, 2.45) is 0 Å². The Balaban J connectivity index is 2.52. The van der Waals surface area contributed by atoms with Gasteiger partial charge >= 0.3 is 5.51 Å². The minimum absolute atomic E-state index is 0.0424. The third-order valence-electron chi connectivity index (χ3n) is 2.13. The monoisotopic (exact) mass is 293 g/mol.